The van der Waals surface area contributed by atoms with Crippen molar-refractivity contribution in [1.82, 2.24) is 9.97 Å². The third-order valence-corrected chi connectivity index (χ3v) is 8.82. The van der Waals surface area contributed by atoms with Gasteiger partial charge in [-0.1, -0.05) is 45.0 Å². The first-order chi connectivity index (χ1) is 23.7. The number of amides is 2. The number of ether oxygens (including phenoxy) is 3. The maximum absolute atomic E-state index is 13.4. The van der Waals surface area contributed by atoms with Crippen LogP contribution in [0.4, 0.5) is 33.5 Å². The molecule has 0 aliphatic rings. The number of rotatable bonds is 11. The summed E-state index contributed by atoms with van der Waals surface area (Å²) in [7, 11) is -2.54. The number of urea groups is 1. The van der Waals surface area contributed by atoms with E-state index in [1.54, 1.807) is 18.2 Å². The van der Waals surface area contributed by atoms with Crippen molar-refractivity contribution >= 4 is 66.5 Å². The molecule has 1 aromatic heterocycles. The molecule has 2 amide bonds. The first-order valence-electron chi connectivity index (χ1n) is 15.1. The average molecular weight is 720 g/mol. The molecule has 5 rings (SSSR count). The Morgan fingerprint density at radius 2 is 1.56 bits per heavy atom. The molecule has 50 heavy (non-hydrogen) atoms. The molecule has 0 saturated carbocycles. The van der Waals surface area contributed by atoms with Gasteiger partial charge in [-0.3, -0.25) is 0 Å². The second-order valence-electron chi connectivity index (χ2n) is 12.0. The molecular weight excluding hydrogens is 683 g/mol. The number of carbonyl (C=O) groups excluding carboxylic acids is 1. The molecule has 14 nitrogen and oxygen atoms in total. The van der Waals surface area contributed by atoms with Gasteiger partial charge in [0.1, 0.15) is 27.4 Å². The number of methoxy groups -OCH3 is 2. The van der Waals surface area contributed by atoms with Crippen LogP contribution in [-0.4, -0.2) is 49.1 Å². The van der Waals surface area contributed by atoms with Crippen LogP contribution in [0.3, 0.4) is 0 Å². The fourth-order valence-electron chi connectivity index (χ4n) is 5.03. The normalized spacial score (nSPS) is 12.1. The van der Waals surface area contributed by atoms with Crippen LogP contribution in [0, 0.1) is 0 Å². The zero-order valence-corrected chi connectivity index (χ0v) is 29.8. The number of fused-ring (bicyclic) bond motifs is 1. The number of aromatic nitrogens is 2. The molecule has 6 N–H and O–H groups in total. The van der Waals surface area contributed by atoms with E-state index < -0.39 is 27.0 Å². The number of sulfonamides is 1. The zero-order chi connectivity index (χ0) is 36.2. The van der Waals surface area contributed by atoms with E-state index in [2.05, 4.69) is 30.6 Å². The number of primary sulfonamides is 1. The number of nitrogens with zero attached hydrogens (tertiary/aromatic N) is 2. The SMILES string of the molecule is COc1cc(Nc2nccc(Oc3ccc(NC(=O)Nc4cc(C(C)(C)C)cc(NS(C)=O)c4OC)c4ccccc34)n2)ccc1S(N)(=O)=O. The molecule has 0 aliphatic carbocycles. The summed E-state index contributed by atoms with van der Waals surface area (Å²) in [6, 6.07) is 19.9. The lowest BCUT2D eigenvalue weighted by Crippen LogP contribution is -2.21. The Balaban J connectivity index is 1.38. The van der Waals surface area contributed by atoms with E-state index in [4.69, 9.17) is 19.3 Å². The highest BCUT2D eigenvalue weighted by molar-refractivity contribution is 7.89. The highest BCUT2D eigenvalue weighted by Gasteiger charge is 2.22. The molecule has 4 aromatic carbocycles. The predicted octanol–water partition coefficient (Wildman–Crippen LogP) is 6.48. The standard InChI is InChI=1S/C34H37N7O7S2/c1-34(2,3)20-17-25(31(47-5)26(18-20)41-49(6)43)39-33(42)38-24-12-13-27(23-10-8-7-9-22(23)24)48-30-15-16-36-32(40-30)37-21-11-14-29(50(35,44)45)28(19-21)46-4/h7-19,41H,1-6H3,(H2,35,44,45)(H,36,37,40)(H2,38,39,42). The smallest absolute Gasteiger partial charge is 0.323 e. The van der Waals surface area contributed by atoms with Crippen molar-refractivity contribution in [3.63, 3.8) is 0 Å². The lowest BCUT2D eigenvalue weighted by Gasteiger charge is -2.24. The third kappa shape index (κ3) is 8.39. The summed E-state index contributed by atoms with van der Waals surface area (Å²) in [6.07, 6.45) is 3.02. The maximum Gasteiger partial charge on any atom is 0.323 e. The van der Waals surface area contributed by atoms with Gasteiger partial charge in [-0.15, -0.1) is 0 Å². The van der Waals surface area contributed by atoms with Gasteiger partial charge in [-0.25, -0.2) is 27.5 Å². The minimum Gasteiger partial charge on any atom is -0.495 e. The molecule has 262 valence electrons. The van der Waals surface area contributed by atoms with Crippen molar-refractivity contribution in [2.45, 2.75) is 31.1 Å². The average Bonchev–Trinajstić information content (AvgIpc) is 3.04. The summed E-state index contributed by atoms with van der Waals surface area (Å²) in [5.74, 6) is 1.28. The van der Waals surface area contributed by atoms with Crippen LogP contribution in [0.1, 0.15) is 26.3 Å². The number of benzene rings is 4. The maximum atomic E-state index is 13.4. The van der Waals surface area contributed by atoms with Crippen molar-refractivity contribution in [3.8, 4) is 23.1 Å². The van der Waals surface area contributed by atoms with Crippen LogP contribution in [0.25, 0.3) is 10.8 Å². The molecule has 16 heteroatoms. The van der Waals surface area contributed by atoms with E-state index >= 15 is 0 Å². The predicted molar refractivity (Wildman–Crippen MR) is 196 cm³/mol. The van der Waals surface area contributed by atoms with E-state index in [9.17, 15) is 17.4 Å². The summed E-state index contributed by atoms with van der Waals surface area (Å²) < 4.78 is 55.6. The lowest BCUT2D eigenvalue weighted by molar-refractivity contribution is 0.262. The lowest BCUT2D eigenvalue weighted by atomic mass is 9.86. The van der Waals surface area contributed by atoms with E-state index in [0.29, 0.717) is 45.0 Å². The van der Waals surface area contributed by atoms with E-state index in [1.165, 1.54) is 44.9 Å². The molecule has 0 saturated heterocycles. The van der Waals surface area contributed by atoms with Crippen LogP contribution < -0.4 is 40.0 Å². The summed E-state index contributed by atoms with van der Waals surface area (Å²) in [5.41, 5.74) is 2.50. The van der Waals surface area contributed by atoms with Crippen LogP contribution in [0.2, 0.25) is 0 Å². The second kappa shape index (κ2) is 14.6. The van der Waals surface area contributed by atoms with Gasteiger partial charge in [-0.05, 0) is 47.4 Å². The largest absolute Gasteiger partial charge is 0.495 e. The molecule has 1 unspecified atom stereocenters. The number of carbonyl (C=O) groups is 1. The Bertz CT molecular complexity index is 2210. The Kier molecular flexibility index (Phi) is 10.4. The first-order valence-corrected chi connectivity index (χ1v) is 18.2. The number of nitrogens with one attached hydrogen (secondary N) is 4. The Labute approximate surface area is 292 Å². The minimum atomic E-state index is -3.98. The van der Waals surface area contributed by atoms with Crippen LogP contribution in [0.5, 0.6) is 23.1 Å². The summed E-state index contributed by atoms with van der Waals surface area (Å²) in [4.78, 5) is 21.9. The second-order valence-corrected chi connectivity index (χ2v) is 14.6. The number of hydrogen-bond acceptors (Lipinski definition) is 10. The summed E-state index contributed by atoms with van der Waals surface area (Å²) in [5, 5.41) is 15.5. The van der Waals surface area contributed by atoms with Crippen LogP contribution in [0.15, 0.2) is 83.9 Å². The van der Waals surface area contributed by atoms with E-state index in [1.807, 2.05) is 57.2 Å². The van der Waals surface area contributed by atoms with Crippen molar-refractivity contribution in [2.75, 3.05) is 41.1 Å². The Hall–Kier alpha value is -5.45. The molecule has 1 heterocycles. The van der Waals surface area contributed by atoms with Crippen molar-refractivity contribution in [3.05, 3.63) is 84.6 Å². The van der Waals surface area contributed by atoms with Gasteiger partial charge in [0.05, 0.1) is 31.3 Å². The Morgan fingerprint density at radius 1 is 0.860 bits per heavy atom. The highest BCUT2D eigenvalue weighted by Crippen LogP contribution is 2.40. The Morgan fingerprint density at radius 3 is 2.22 bits per heavy atom. The van der Waals surface area contributed by atoms with Crippen LogP contribution in [-0.2, 0) is 26.4 Å². The monoisotopic (exact) mass is 719 g/mol. The number of hydrogen-bond donors (Lipinski definition) is 5. The van der Waals surface area contributed by atoms with Crippen LogP contribution >= 0.6 is 0 Å². The van der Waals surface area contributed by atoms with Gasteiger partial charge in [0, 0.05) is 41.0 Å². The third-order valence-electron chi connectivity index (χ3n) is 7.36. The molecule has 0 fully saturated rings. The molecule has 0 bridgehead atoms. The van der Waals surface area contributed by atoms with Crippen molar-refractivity contribution in [2.24, 2.45) is 5.14 Å². The van der Waals surface area contributed by atoms with Gasteiger partial charge >= 0.3 is 6.03 Å². The molecule has 0 radical (unpaired) electrons. The topological polar surface area (TPSA) is 196 Å². The fourth-order valence-corrected chi connectivity index (χ4v) is 6.17. The quantitative estimate of drug-likeness (QED) is 0.101. The van der Waals surface area contributed by atoms with Gasteiger partial charge in [-0.2, -0.15) is 4.98 Å². The highest BCUT2D eigenvalue weighted by atomic mass is 32.2. The molecule has 0 spiro atoms. The molecule has 1 atom stereocenters. The molecular formula is C34H37N7O7S2. The zero-order valence-electron chi connectivity index (χ0n) is 28.2. The van der Waals surface area contributed by atoms with E-state index in [-0.39, 0.29) is 27.9 Å². The van der Waals surface area contributed by atoms with Gasteiger partial charge in [0.15, 0.2) is 5.75 Å². The summed E-state index contributed by atoms with van der Waals surface area (Å²) >= 11 is 0. The molecule has 0 aliphatic heterocycles. The van der Waals surface area contributed by atoms with Gasteiger partial charge in [0.2, 0.25) is 21.9 Å². The minimum absolute atomic E-state index is 0.0623. The first kappa shape index (κ1) is 35.8. The van der Waals surface area contributed by atoms with Gasteiger partial charge in [0.25, 0.3) is 0 Å². The van der Waals surface area contributed by atoms with E-state index in [0.717, 1.165) is 5.56 Å². The fraction of sp³-hybridized carbons (Fsp3) is 0.206. The summed E-state index contributed by atoms with van der Waals surface area (Å²) in [6.45, 7) is 6.11. The number of anilines is 5. The van der Waals surface area contributed by atoms with Crippen molar-refractivity contribution < 1.29 is 31.6 Å². The van der Waals surface area contributed by atoms with Gasteiger partial charge < -0.3 is 34.9 Å². The number of nitrogens with two attached hydrogens (primary N) is 1. The molecule has 5 aromatic rings. The van der Waals surface area contributed by atoms with Crippen molar-refractivity contribution in [1.29, 1.82) is 0 Å².